The molecule has 4 nitrogen and oxygen atoms in total. The van der Waals surface area contributed by atoms with Crippen LogP contribution in [0, 0.1) is 0 Å². The SMILES string of the molecule is CC(C)c1cccc(C(C)C)c1N=C(c1ccccc1)N(C(=O)c1ccccc1)c1ccccn1. The van der Waals surface area contributed by atoms with E-state index in [-0.39, 0.29) is 17.7 Å². The summed E-state index contributed by atoms with van der Waals surface area (Å²) in [5, 5.41) is 0. The van der Waals surface area contributed by atoms with Crippen LogP contribution in [0.1, 0.15) is 66.6 Å². The zero-order chi connectivity index (χ0) is 24.8. The zero-order valence-corrected chi connectivity index (χ0v) is 20.7. The molecule has 0 radical (unpaired) electrons. The Morgan fingerprint density at radius 1 is 0.686 bits per heavy atom. The van der Waals surface area contributed by atoms with Gasteiger partial charge in [0, 0.05) is 17.3 Å². The molecule has 35 heavy (non-hydrogen) atoms. The van der Waals surface area contributed by atoms with E-state index >= 15 is 0 Å². The summed E-state index contributed by atoms with van der Waals surface area (Å²) in [6.45, 7) is 8.69. The van der Waals surface area contributed by atoms with E-state index in [0.29, 0.717) is 17.2 Å². The van der Waals surface area contributed by atoms with Gasteiger partial charge in [0.1, 0.15) is 11.7 Å². The molecule has 0 aliphatic rings. The minimum absolute atomic E-state index is 0.181. The molecule has 0 aliphatic carbocycles. The maximum absolute atomic E-state index is 14.0. The summed E-state index contributed by atoms with van der Waals surface area (Å²) in [6.07, 6.45) is 1.70. The average Bonchev–Trinajstić information content (AvgIpc) is 2.89. The normalized spacial score (nSPS) is 11.7. The van der Waals surface area contributed by atoms with Crippen LogP contribution in [0.25, 0.3) is 0 Å². The Morgan fingerprint density at radius 2 is 1.23 bits per heavy atom. The van der Waals surface area contributed by atoms with Gasteiger partial charge in [-0.15, -0.1) is 0 Å². The molecule has 0 unspecified atom stereocenters. The smallest absolute Gasteiger partial charge is 0.265 e. The largest absolute Gasteiger partial charge is 0.268 e. The number of nitrogens with zero attached hydrogens (tertiary/aromatic N) is 3. The monoisotopic (exact) mass is 461 g/mol. The number of pyridine rings is 1. The Balaban J connectivity index is 2.03. The van der Waals surface area contributed by atoms with E-state index in [1.807, 2.05) is 78.9 Å². The molecular weight excluding hydrogens is 430 g/mol. The van der Waals surface area contributed by atoms with E-state index in [0.717, 1.165) is 22.4 Å². The second kappa shape index (κ2) is 10.9. The molecule has 0 aliphatic heterocycles. The van der Waals surface area contributed by atoms with Gasteiger partial charge in [0.25, 0.3) is 5.91 Å². The molecule has 0 atom stereocenters. The van der Waals surface area contributed by atoms with Gasteiger partial charge >= 0.3 is 0 Å². The van der Waals surface area contributed by atoms with Gasteiger partial charge in [-0.3, -0.25) is 4.79 Å². The summed E-state index contributed by atoms with van der Waals surface area (Å²) < 4.78 is 0. The van der Waals surface area contributed by atoms with Crippen molar-refractivity contribution >= 4 is 23.2 Å². The highest BCUT2D eigenvalue weighted by atomic mass is 16.2. The van der Waals surface area contributed by atoms with E-state index in [1.165, 1.54) is 0 Å². The Labute approximate surface area is 208 Å². The fourth-order valence-electron chi connectivity index (χ4n) is 4.08. The number of amidine groups is 1. The molecule has 1 heterocycles. The Morgan fingerprint density at radius 3 is 1.74 bits per heavy atom. The number of para-hydroxylation sites is 1. The van der Waals surface area contributed by atoms with Gasteiger partial charge in [0.2, 0.25) is 0 Å². The van der Waals surface area contributed by atoms with E-state index in [4.69, 9.17) is 4.99 Å². The maximum Gasteiger partial charge on any atom is 0.265 e. The third-order valence-corrected chi connectivity index (χ3v) is 5.91. The van der Waals surface area contributed by atoms with E-state index in [9.17, 15) is 4.79 Å². The second-order valence-electron chi connectivity index (χ2n) is 9.09. The number of rotatable bonds is 6. The first-order valence-electron chi connectivity index (χ1n) is 12.0. The van der Waals surface area contributed by atoms with Crippen LogP contribution in [0.5, 0.6) is 0 Å². The molecule has 176 valence electrons. The van der Waals surface area contributed by atoms with Crippen molar-refractivity contribution in [2.24, 2.45) is 4.99 Å². The van der Waals surface area contributed by atoms with Gasteiger partial charge in [0.05, 0.1) is 5.69 Å². The number of amides is 1. The first-order valence-corrected chi connectivity index (χ1v) is 12.0. The highest BCUT2D eigenvalue weighted by Gasteiger charge is 2.26. The van der Waals surface area contributed by atoms with Crippen molar-refractivity contribution in [2.75, 3.05) is 4.90 Å². The molecule has 4 aromatic rings. The summed E-state index contributed by atoms with van der Waals surface area (Å²) >= 11 is 0. The maximum atomic E-state index is 14.0. The minimum Gasteiger partial charge on any atom is -0.268 e. The Bertz CT molecular complexity index is 1270. The van der Waals surface area contributed by atoms with Crippen LogP contribution in [-0.4, -0.2) is 16.7 Å². The third-order valence-electron chi connectivity index (χ3n) is 5.91. The molecule has 0 fully saturated rings. The molecule has 0 saturated carbocycles. The second-order valence-corrected chi connectivity index (χ2v) is 9.09. The zero-order valence-electron chi connectivity index (χ0n) is 20.7. The van der Waals surface area contributed by atoms with Crippen LogP contribution < -0.4 is 4.90 Å². The molecule has 4 heteroatoms. The van der Waals surface area contributed by atoms with Crippen LogP contribution >= 0.6 is 0 Å². The Kier molecular flexibility index (Phi) is 7.51. The lowest BCUT2D eigenvalue weighted by Crippen LogP contribution is -2.38. The predicted molar refractivity (Wildman–Crippen MR) is 145 cm³/mol. The van der Waals surface area contributed by atoms with Gasteiger partial charge < -0.3 is 0 Å². The standard InChI is InChI=1S/C31H31N3O/c1-22(2)26-18-13-19-27(23(3)4)29(26)33-30(24-14-7-5-8-15-24)34(28-20-11-12-21-32-28)31(35)25-16-9-6-10-17-25/h5-23H,1-4H3. The van der Waals surface area contributed by atoms with Crippen molar-refractivity contribution in [2.45, 2.75) is 39.5 Å². The molecule has 0 spiro atoms. The van der Waals surface area contributed by atoms with Gasteiger partial charge in [-0.25, -0.2) is 14.9 Å². The van der Waals surface area contributed by atoms with Crippen LogP contribution in [0.15, 0.2) is 108 Å². The minimum atomic E-state index is -0.181. The lowest BCUT2D eigenvalue weighted by molar-refractivity contribution is 0.100. The number of carbonyl (C=O) groups excluding carboxylic acids is 1. The molecule has 1 amide bonds. The average molecular weight is 462 g/mol. The van der Waals surface area contributed by atoms with Crippen LogP contribution in [0.4, 0.5) is 11.5 Å². The molecule has 0 bridgehead atoms. The summed E-state index contributed by atoms with van der Waals surface area (Å²) in [7, 11) is 0. The number of aromatic nitrogens is 1. The fraction of sp³-hybridized carbons (Fsp3) is 0.194. The van der Waals surface area contributed by atoms with Gasteiger partial charge in [0.15, 0.2) is 0 Å². The van der Waals surface area contributed by atoms with E-state index < -0.39 is 0 Å². The topological polar surface area (TPSA) is 45.6 Å². The quantitative estimate of drug-likeness (QED) is 0.218. The van der Waals surface area contributed by atoms with E-state index in [2.05, 4.69) is 50.9 Å². The molecule has 1 aromatic heterocycles. The van der Waals surface area contributed by atoms with Crippen molar-refractivity contribution in [1.29, 1.82) is 0 Å². The summed E-state index contributed by atoms with van der Waals surface area (Å²) in [6, 6.07) is 31.1. The Hall–Kier alpha value is -4.05. The number of anilines is 1. The first-order chi connectivity index (χ1) is 17.0. The van der Waals surface area contributed by atoms with Crippen LogP contribution in [-0.2, 0) is 0 Å². The number of aliphatic imine (C=N–C) groups is 1. The van der Waals surface area contributed by atoms with Gasteiger partial charge in [-0.05, 0) is 47.2 Å². The summed E-state index contributed by atoms with van der Waals surface area (Å²) in [5.74, 6) is 1.44. The highest BCUT2D eigenvalue weighted by Crippen LogP contribution is 2.36. The van der Waals surface area contributed by atoms with E-state index in [1.54, 1.807) is 11.1 Å². The van der Waals surface area contributed by atoms with Crippen molar-refractivity contribution in [3.8, 4) is 0 Å². The van der Waals surface area contributed by atoms with Crippen molar-refractivity contribution in [1.82, 2.24) is 4.98 Å². The molecule has 0 N–H and O–H groups in total. The van der Waals surface area contributed by atoms with Crippen molar-refractivity contribution < 1.29 is 4.79 Å². The summed E-state index contributed by atoms with van der Waals surface area (Å²) in [4.78, 5) is 25.5. The molecular formula is C31H31N3O. The first kappa shape index (κ1) is 24.1. The van der Waals surface area contributed by atoms with Gasteiger partial charge in [-0.1, -0.05) is 100 Å². The van der Waals surface area contributed by atoms with Crippen molar-refractivity contribution in [3.05, 3.63) is 126 Å². The number of benzene rings is 3. The molecule has 0 saturated heterocycles. The van der Waals surface area contributed by atoms with Crippen LogP contribution in [0.3, 0.4) is 0 Å². The predicted octanol–water partition coefficient (Wildman–Crippen LogP) is 7.75. The number of hydrogen-bond acceptors (Lipinski definition) is 3. The van der Waals surface area contributed by atoms with Crippen molar-refractivity contribution in [3.63, 3.8) is 0 Å². The lowest BCUT2D eigenvalue weighted by atomic mass is 9.93. The van der Waals surface area contributed by atoms with Gasteiger partial charge in [-0.2, -0.15) is 0 Å². The molecule has 4 rings (SSSR count). The number of hydrogen-bond donors (Lipinski definition) is 0. The lowest BCUT2D eigenvalue weighted by Gasteiger charge is -2.25. The van der Waals surface area contributed by atoms with Crippen LogP contribution in [0.2, 0.25) is 0 Å². The fourth-order valence-corrected chi connectivity index (χ4v) is 4.08. The summed E-state index contributed by atoms with van der Waals surface area (Å²) in [5.41, 5.74) is 4.63. The number of carbonyl (C=O) groups is 1. The molecule has 3 aromatic carbocycles. The third kappa shape index (κ3) is 5.38. The highest BCUT2D eigenvalue weighted by molar-refractivity contribution is 6.27.